The Morgan fingerprint density at radius 1 is 1.16 bits per heavy atom. The summed E-state index contributed by atoms with van der Waals surface area (Å²) in [5.74, 6) is -0.106. The standard InChI is InChI=1S/C22H19Cl2FN6O/c1-15-28-31(22(32)30(15)10-3-9-29-11-8-26-14-29)21-7-6-16(12-20(21)25)27-13-17-18(23)4-2-5-19(17)24/h2,4-8,11-14H,3,9-10H2,1H3. The Morgan fingerprint density at radius 3 is 2.62 bits per heavy atom. The minimum Gasteiger partial charge on any atom is -0.337 e. The molecule has 10 heteroatoms. The zero-order valence-corrected chi connectivity index (χ0v) is 18.6. The maximum Gasteiger partial charge on any atom is 0.350 e. The maximum absolute atomic E-state index is 14.8. The van der Waals surface area contributed by atoms with Crippen LogP contribution in [-0.2, 0) is 13.1 Å². The van der Waals surface area contributed by atoms with Gasteiger partial charge in [0, 0.05) is 43.3 Å². The molecule has 0 radical (unpaired) electrons. The van der Waals surface area contributed by atoms with Crippen LogP contribution in [0.3, 0.4) is 0 Å². The molecule has 2 heterocycles. The fraction of sp³-hybridized carbons (Fsp3) is 0.182. The highest BCUT2D eigenvalue weighted by Gasteiger charge is 2.15. The van der Waals surface area contributed by atoms with E-state index in [1.165, 1.54) is 22.9 Å². The zero-order valence-electron chi connectivity index (χ0n) is 17.1. The van der Waals surface area contributed by atoms with E-state index in [0.717, 1.165) is 4.68 Å². The van der Waals surface area contributed by atoms with Crippen LogP contribution < -0.4 is 5.69 Å². The van der Waals surface area contributed by atoms with Crippen molar-refractivity contribution < 1.29 is 4.39 Å². The number of rotatable bonds is 7. The van der Waals surface area contributed by atoms with Gasteiger partial charge in [-0.25, -0.2) is 14.2 Å². The third-order valence-corrected chi connectivity index (χ3v) is 5.57. The Hall–Kier alpha value is -3.23. The van der Waals surface area contributed by atoms with Crippen molar-refractivity contribution in [1.29, 1.82) is 0 Å². The predicted octanol–water partition coefficient (Wildman–Crippen LogP) is 4.83. The number of halogens is 3. The third kappa shape index (κ3) is 4.66. The van der Waals surface area contributed by atoms with Crippen LogP contribution in [-0.4, -0.2) is 30.1 Å². The molecule has 0 unspecified atom stereocenters. The molecule has 0 aliphatic carbocycles. The van der Waals surface area contributed by atoms with Gasteiger partial charge in [-0.2, -0.15) is 9.78 Å². The van der Waals surface area contributed by atoms with Crippen molar-refractivity contribution in [3.63, 3.8) is 0 Å². The minimum atomic E-state index is -0.616. The van der Waals surface area contributed by atoms with Crippen LogP contribution in [0.4, 0.5) is 10.1 Å². The highest BCUT2D eigenvalue weighted by molar-refractivity contribution is 6.38. The van der Waals surface area contributed by atoms with Crippen LogP contribution in [0.5, 0.6) is 0 Å². The van der Waals surface area contributed by atoms with Crippen molar-refractivity contribution in [2.24, 2.45) is 4.99 Å². The quantitative estimate of drug-likeness (QED) is 0.361. The van der Waals surface area contributed by atoms with E-state index in [4.69, 9.17) is 23.2 Å². The number of benzene rings is 2. The summed E-state index contributed by atoms with van der Waals surface area (Å²) < 4.78 is 19.4. The number of hydrogen-bond donors (Lipinski definition) is 0. The van der Waals surface area contributed by atoms with E-state index in [1.807, 2.05) is 10.8 Å². The average molecular weight is 473 g/mol. The van der Waals surface area contributed by atoms with Gasteiger partial charge < -0.3 is 4.57 Å². The van der Waals surface area contributed by atoms with Gasteiger partial charge in [0.05, 0.1) is 22.1 Å². The monoisotopic (exact) mass is 472 g/mol. The molecule has 0 fully saturated rings. The molecule has 0 aliphatic rings. The van der Waals surface area contributed by atoms with Crippen molar-refractivity contribution >= 4 is 35.1 Å². The van der Waals surface area contributed by atoms with Gasteiger partial charge in [0.1, 0.15) is 11.5 Å². The van der Waals surface area contributed by atoms with Crippen LogP contribution in [0.25, 0.3) is 5.69 Å². The first-order chi connectivity index (χ1) is 15.4. The molecule has 0 amide bonds. The lowest BCUT2D eigenvalue weighted by Crippen LogP contribution is -2.25. The summed E-state index contributed by atoms with van der Waals surface area (Å²) in [5.41, 5.74) is 0.556. The Morgan fingerprint density at radius 2 is 1.94 bits per heavy atom. The second-order valence-corrected chi connectivity index (χ2v) is 7.89. The van der Waals surface area contributed by atoms with Gasteiger partial charge in [0.15, 0.2) is 5.82 Å². The molecule has 7 nitrogen and oxygen atoms in total. The number of aromatic nitrogens is 5. The van der Waals surface area contributed by atoms with Crippen molar-refractivity contribution in [3.8, 4) is 5.69 Å². The Labute approximate surface area is 193 Å². The molecular weight excluding hydrogens is 454 g/mol. The van der Waals surface area contributed by atoms with Crippen LogP contribution in [0, 0.1) is 12.7 Å². The molecule has 4 rings (SSSR count). The smallest absolute Gasteiger partial charge is 0.337 e. The van der Waals surface area contributed by atoms with Gasteiger partial charge in [-0.05, 0) is 37.6 Å². The van der Waals surface area contributed by atoms with Crippen molar-refractivity contribution in [2.45, 2.75) is 26.4 Å². The van der Waals surface area contributed by atoms with Gasteiger partial charge >= 0.3 is 5.69 Å². The second-order valence-electron chi connectivity index (χ2n) is 7.08. The van der Waals surface area contributed by atoms with Crippen LogP contribution in [0.1, 0.15) is 17.8 Å². The number of hydrogen-bond acceptors (Lipinski definition) is 4. The first-order valence-electron chi connectivity index (χ1n) is 9.84. The summed E-state index contributed by atoms with van der Waals surface area (Å²) >= 11 is 12.3. The van der Waals surface area contributed by atoms with E-state index < -0.39 is 11.5 Å². The van der Waals surface area contributed by atoms with Gasteiger partial charge in [-0.1, -0.05) is 29.3 Å². The molecule has 164 valence electrons. The van der Waals surface area contributed by atoms with Gasteiger partial charge in [0.2, 0.25) is 0 Å². The highest BCUT2D eigenvalue weighted by Crippen LogP contribution is 2.24. The molecule has 0 spiro atoms. The Kier molecular flexibility index (Phi) is 6.53. The van der Waals surface area contributed by atoms with E-state index in [-0.39, 0.29) is 5.69 Å². The summed E-state index contributed by atoms with van der Waals surface area (Å²) in [4.78, 5) is 21.1. The molecule has 2 aromatic carbocycles. The summed E-state index contributed by atoms with van der Waals surface area (Å²) in [6.45, 7) is 2.90. The Balaban J connectivity index is 1.54. The van der Waals surface area contributed by atoms with Gasteiger partial charge in [-0.15, -0.1) is 0 Å². The maximum atomic E-state index is 14.8. The molecule has 32 heavy (non-hydrogen) atoms. The minimum absolute atomic E-state index is 0.0567. The first kappa shape index (κ1) is 22.0. The van der Waals surface area contributed by atoms with Crippen molar-refractivity contribution in [1.82, 2.24) is 23.9 Å². The average Bonchev–Trinajstić information content (AvgIpc) is 3.37. The summed E-state index contributed by atoms with van der Waals surface area (Å²) in [5, 5.41) is 5.12. The summed E-state index contributed by atoms with van der Waals surface area (Å²) in [6, 6.07) is 9.42. The topological polar surface area (TPSA) is 70.0 Å². The van der Waals surface area contributed by atoms with E-state index >= 15 is 0 Å². The fourth-order valence-corrected chi connectivity index (χ4v) is 3.76. The second kappa shape index (κ2) is 9.50. The number of imidazole rings is 1. The molecule has 0 aliphatic heterocycles. The van der Waals surface area contributed by atoms with Gasteiger partial charge in [0.25, 0.3) is 0 Å². The third-order valence-electron chi connectivity index (χ3n) is 4.91. The number of aliphatic imine (C=N–C) groups is 1. The molecule has 0 saturated carbocycles. The van der Waals surface area contributed by atoms with E-state index in [1.54, 1.807) is 43.7 Å². The van der Waals surface area contributed by atoms with E-state index in [9.17, 15) is 9.18 Å². The lowest BCUT2D eigenvalue weighted by atomic mass is 10.2. The largest absolute Gasteiger partial charge is 0.350 e. The molecule has 0 atom stereocenters. The molecule has 0 bridgehead atoms. The lowest BCUT2D eigenvalue weighted by molar-refractivity contribution is 0.542. The summed E-state index contributed by atoms with van der Waals surface area (Å²) in [7, 11) is 0. The van der Waals surface area contributed by atoms with Crippen molar-refractivity contribution in [2.75, 3.05) is 0 Å². The normalized spacial score (nSPS) is 11.5. The highest BCUT2D eigenvalue weighted by atomic mass is 35.5. The van der Waals surface area contributed by atoms with Crippen molar-refractivity contribution in [3.05, 3.63) is 92.9 Å². The SMILES string of the molecule is Cc1nn(-c2ccc(N=Cc3c(Cl)cccc3Cl)cc2F)c(=O)n1CCCn1ccnc1. The summed E-state index contributed by atoms with van der Waals surface area (Å²) in [6.07, 6.45) is 7.47. The van der Waals surface area contributed by atoms with Crippen LogP contribution in [0.15, 0.2) is 64.9 Å². The molecule has 0 N–H and O–H groups in total. The molecular formula is C22H19Cl2FN6O. The molecule has 4 aromatic rings. The molecule has 0 saturated heterocycles. The number of aryl methyl sites for hydroxylation is 2. The van der Waals surface area contributed by atoms with E-state index in [2.05, 4.69) is 15.1 Å². The zero-order chi connectivity index (χ0) is 22.7. The van der Waals surface area contributed by atoms with E-state index in [0.29, 0.717) is 46.6 Å². The number of nitrogens with zero attached hydrogens (tertiary/aromatic N) is 6. The fourth-order valence-electron chi connectivity index (χ4n) is 3.26. The Bertz CT molecular complexity index is 1310. The predicted molar refractivity (Wildman–Crippen MR) is 123 cm³/mol. The van der Waals surface area contributed by atoms with Crippen LogP contribution >= 0.6 is 23.2 Å². The first-order valence-corrected chi connectivity index (χ1v) is 10.6. The molecule has 2 aromatic heterocycles. The lowest BCUT2D eigenvalue weighted by Gasteiger charge is -2.05. The van der Waals surface area contributed by atoms with Crippen LogP contribution in [0.2, 0.25) is 10.0 Å². The van der Waals surface area contributed by atoms with Gasteiger partial charge in [-0.3, -0.25) is 9.56 Å².